The van der Waals surface area contributed by atoms with Gasteiger partial charge in [0.1, 0.15) is 5.82 Å². The predicted molar refractivity (Wildman–Crippen MR) is 104 cm³/mol. The smallest absolute Gasteiger partial charge is 0.229 e. The quantitative estimate of drug-likeness (QED) is 0.559. The van der Waals surface area contributed by atoms with Crippen molar-refractivity contribution in [1.29, 1.82) is 0 Å². The van der Waals surface area contributed by atoms with E-state index in [-0.39, 0.29) is 17.6 Å². The second-order valence-corrected chi connectivity index (χ2v) is 10.4. The van der Waals surface area contributed by atoms with Crippen LogP contribution < -0.4 is 5.32 Å². The first-order valence-electron chi connectivity index (χ1n) is 8.28. The molecule has 0 radical (unpaired) electrons. The minimum atomic E-state index is -3.20. The van der Waals surface area contributed by atoms with Gasteiger partial charge in [0.15, 0.2) is 4.34 Å². The van der Waals surface area contributed by atoms with Crippen LogP contribution in [0, 0.1) is 11.7 Å². The van der Waals surface area contributed by atoms with Crippen LogP contribution in [0.1, 0.15) is 18.4 Å². The number of nitrogens with zero attached hydrogens (tertiary/aromatic N) is 3. The Kier molecular flexibility index (Phi) is 6.45. The Hall–Kier alpha value is -1.56. The van der Waals surface area contributed by atoms with E-state index in [1.165, 1.54) is 45.8 Å². The SMILES string of the molecule is CS(=O)(=O)N1CCC(C(=O)Nc2nnc(SCc3ccc(F)cc3)s2)CC1. The van der Waals surface area contributed by atoms with E-state index in [4.69, 9.17) is 0 Å². The number of sulfonamides is 1. The molecule has 1 aromatic heterocycles. The van der Waals surface area contributed by atoms with E-state index in [1.54, 1.807) is 12.1 Å². The molecule has 1 amide bonds. The number of thioether (sulfide) groups is 1. The number of anilines is 1. The van der Waals surface area contributed by atoms with E-state index < -0.39 is 10.0 Å². The third-order valence-electron chi connectivity index (χ3n) is 4.21. The summed E-state index contributed by atoms with van der Waals surface area (Å²) >= 11 is 2.74. The van der Waals surface area contributed by atoms with Crippen molar-refractivity contribution in [2.75, 3.05) is 24.7 Å². The summed E-state index contributed by atoms with van der Waals surface area (Å²) < 4.78 is 38.1. The molecular formula is C16H19FN4O3S3. The molecule has 1 N–H and O–H groups in total. The second-order valence-electron chi connectivity index (χ2n) is 6.21. The van der Waals surface area contributed by atoms with Gasteiger partial charge >= 0.3 is 0 Å². The zero-order chi connectivity index (χ0) is 19.4. The fraction of sp³-hybridized carbons (Fsp3) is 0.438. The summed E-state index contributed by atoms with van der Waals surface area (Å²) in [7, 11) is -3.20. The van der Waals surface area contributed by atoms with Crippen molar-refractivity contribution < 1.29 is 17.6 Å². The molecule has 27 heavy (non-hydrogen) atoms. The van der Waals surface area contributed by atoms with E-state index in [9.17, 15) is 17.6 Å². The summed E-state index contributed by atoms with van der Waals surface area (Å²) in [6, 6.07) is 6.26. The average molecular weight is 431 g/mol. The molecule has 11 heteroatoms. The number of piperidine rings is 1. The predicted octanol–water partition coefficient (Wildman–Crippen LogP) is 2.58. The van der Waals surface area contributed by atoms with Gasteiger partial charge in [-0.3, -0.25) is 4.79 Å². The number of benzene rings is 1. The average Bonchev–Trinajstić information content (AvgIpc) is 3.08. The van der Waals surface area contributed by atoms with Gasteiger partial charge in [-0.1, -0.05) is 35.2 Å². The highest BCUT2D eigenvalue weighted by molar-refractivity contribution is 8.00. The zero-order valence-electron chi connectivity index (χ0n) is 14.6. The molecule has 3 rings (SSSR count). The number of aromatic nitrogens is 2. The van der Waals surface area contributed by atoms with Crippen molar-refractivity contribution in [3.05, 3.63) is 35.6 Å². The van der Waals surface area contributed by atoms with E-state index in [1.807, 2.05) is 0 Å². The number of nitrogens with one attached hydrogen (secondary N) is 1. The van der Waals surface area contributed by atoms with Gasteiger partial charge in [-0.05, 0) is 30.5 Å². The van der Waals surface area contributed by atoms with Crippen LogP contribution in [0.2, 0.25) is 0 Å². The Balaban J connectivity index is 1.49. The van der Waals surface area contributed by atoms with E-state index >= 15 is 0 Å². The van der Waals surface area contributed by atoms with Crippen LogP contribution in [0.5, 0.6) is 0 Å². The lowest BCUT2D eigenvalue weighted by atomic mass is 9.97. The van der Waals surface area contributed by atoms with Crippen LogP contribution in [0.25, 0.3) is 0 Å². The highest BCUT2D eigenvalue weighted by atomic mass is 32.2. The van der Waals surface area contributed by atoms with Crippen molar-refractivity contribution in [3.63, 3.8) is 0 Å². The number of rotatable bonds is 6. The molecule has 146 valence electrons. The molecule has 0 bridgehead atoms. The fourth-order valence-electron chi connectivity index (χ4n) is 2.70. The summed E-state index contributed by atoms with van der Waals surface area (Å²) in [5, 5.41) is 11.2. The standard InChI is InChI=1S/C16H19FN4O3S3/c1-27(23,24)21-8-6-12(7-9-21)14(22)18-15-19-20-16(26-15)25-10-11-2-4-13(17)5-3-11/h2-5,12H,6-10H2,1H3,(H,18,19,22). The van der Waals surface area contributed by atoms with Crippen molar-refractivity contribution in [1.82, 2.24) is 14.5 Å². The van der Waals surface area contributed by atoms with Crippen LogP contribution in [-0.4, -0.2) is 48.2 Å². The molecule has 0 aliphatic carbocycles. The van der Waals surface area contributed by atoms with Crippen molar-refractivity contribution in [3.8, 4) is 0 Å². The summed E-state index contributed by atoms with van der Waals surface area (Å²) in [6.45, 7) is 0.706. The molecule has 2 heterocycles. The van der Waals surface area contributed by atoms with Gasteiger partial charge in [0, 0.05) is 24.8 Å². The lowest BCUT2D eigenvalue weighted by Crippen LogP contribution is -2.40. The third kappa shape index (κ3) is 5.71. The van der Waals surface area contributed by atoms with Gasteiger partial charge in [0.25, 0.3) is 0 Å². The van der Waals surface area contributed by atoms with Gasteiger partial charge in [-0.2, -0.15) is 0 Å². The van der Waals surface area contributed by atoms with Gasteiger partial charge in [-0.25, -0.2) is 17.1 Å². The maximum atomic E-state index is 12.9. The first kappa shape index (κ1) is 20.2. The molecule has 1 aliphatic rings. The minimum absolute atomic E-state index is 0.158. The number of hydrogen-bond donors (Lipinski definition) is 1. The monoisotopic (exact) mass is 430 g/mol. The summed E-state index contributed by atoms with van der Waals surface area (Å²) in [6.07, 6.45) is 2.16. The number of carbonyl (C=O) groups is 1. The van der Waals surface area contributed by atoms with Crippen LogP contribution >= 0.6 is 23.1 Å². The molecule has 0 saturated carbocycles. The number of halogens is 1. The molecule has 1 fully saturated rings. The lowest BCUT2D eigenvalue weighted by molar-refractivity contribution is -0.120. The Labute approximate surface area is 165 Å². The Morgan fingerprint density at radius 3 is 2.59 bits per heavy atom. The normalized spacial score (nSPS) is 16.4. The largest absolute Gasteiger partial charge is 0.300 e. The summed E-state index contributed by atoms with van der Waals surface area (Å²) in [5.41, 5.74) is 0.972. The maximum Gasteiger partial charge on any atom is 0.229 e. The summed E-state index contributed by atoms with van der Waals surface area (Å²) in [4.78, 5) is 12.4. The first-order valence-corrected chi connectivity index (χ1v) is 11.9. The van der Waals surface area contributed by atoms with Crippen LogP contribution in [0.4, 0.5) is 9.52 Å². The first-order chi connectivity index (χ1) is 12.8. The molecule has 7 nitrogen and oxygen atoms in total. The van der Waals surface area contributed by atoms with E-state index in [0.717, 1.165) is 5.56 Å². The van der Waals surface area contributed by atoms with Crippen LogP contribution in [0.3, 0.4) is 0 Å². The van der Waals surface area contributed by atoms with Crippen molar-refractivity contribution in [2.24, 2.45) is 5.92 Å². The molecule has 0 atom stereocenters. The van der Waals surface area contributed by atoms with Gasteiger partial charge in [0.05, 0.1) is 6.26 Å². The number of hydrogen-bond acceptors (Lipinski definition) is 7. The Morgan fingerprint density at radius 2 is 1.96 bits per heavy atom. The maximum absolute atomic E-state index is 12.9. The number of carbonyl (C=O) groups excluding carboxylic acids is 1. The molecular weight excluding hydrogens is 411 g/mol. The lowest BCUT2D eigenvalue weighted by Gasteiger charge is -2.29. The molecule has 0 unspecified atom stereocenters. The van der Waals surface area contributed by atoms with Gasteiger partial charge in [-0.15, -0.1) is 10.2 Å². The fourth-order valence-corrected chi connectivity index (χ4v) is 5.29. The molecule has 0 spiro atoms. The van der Waals surface area contributed by atoms with E-state index in [0.29, 0.717) is 41.2 Å². The van der Waals surface area contributed by atoms with Gasteiger partial charge < -0.3 is 5.32 Å². The molecule has 1 aliphatic heterocycles. The third-order valence-corrected chi connectivity index (χ3v) is 7.55. The van der Waals surface area contributed by atoms with Crippen LogP contribution in [-0.2, 0) is 20.6 Å². The minimum Gasteiger partial charge on any atom is -0.300 e. The number of amides is 1. The van der Waals surface area contributed by atoms with Crippen LogP contribution in [0.15, 0.2) is 28.6 Å². The van der Waals surface area contributed by atoms with E-state index in [2.05, 4.69) is 15.5 Å². The van der Waals surface area contributed by atoms with Crippen molar-refractivity contribution in [2.45, 2.75) is 22.9 Å². The topological polar surface area (TPSA) is 92.3 Å². The Morgan fingerprint density at radius 1 is 1.30 bits per heavy atom. The highest BCUT2D eigenvalue weighted by Gasteiger charge is 2.29. The van der Waals surface area contributed by atoms with Crippen molar-refractivity contribution >= 4 is 44.2 Å². The molecule has 1 aromatic carbocycles. The highest BCUT2D eigenvalue weighted by Crippen LogP contribution is 2.29. The Bertz CT molecular complexity index is 894. The zero-order valence-corrected chi connectivity index (χ0v) is 17.0. The molecule has 2 aromatic rings. The molecule has 1 saturated heterocycles. The summed E-state index contributed by atoms with van der Waals surface area (Å²) in [5.74, 6) is -0.0315. The van der Waals surface area contributed by atoms with Gasteiger partial charge in [0.2, 0.25) is 21.1 Å². The second kappa shape index (κ2) is 8.63.